The third-order valence-electron chi connectivity index (χ3n) is 8.03. The first kappa shape index (κ1) is 22.5. The van der Waals surface area contributed by atoms with Crippen LogP contribution in [0, 0.1) is 11.8 Å². The second-order valence-electron chi connectivity index (χ2n) is 9.81. The molecule has 8 heteroatoms. The molecule has 4 fully saturated rings. The SMILES string of the molecule is CCOC(=O)[C@H]1[C@H]2C(=O)N([C@@H](CC)CO)C(C(=O)NC3CCCCC3)C23CC[C@]1(C)O3. The van der Waals surface area contributed by atoms with E-state index in [-0.39, 0.29) is 31.1 Å². The van der Waals surface area contributed by atoms with Crippen LogP contribution in [0.25, 0.3) is 0 Å². The van der Waals surface area contributed by atoms with Crippen molar-refractivity contribution < 1.29 is 29.0 Å². The Morgan fingerprint density at radius 3 is 2.58 bits per heavy atom. The highest BCUT2D eigenvalue weighted by Gasteiger charge is 2.78. The molecule has 1 spiro atoms. The average Bonchev–Trinajstić information content (AvgIpc) is 3.31. The summed E-state index contributed by atoms with van der Waals surface area (Å²) < 4.78 is 11.8. The molecular weight excluding hydrogens is 400 g/mol. The summed E-state index contributed by atoms with van der Waals surface area (Å²) in [6.45, 7) is 5.48. The lowest BCUT2D eigenvalue weighted by atomic mass is 9.66. The Kier molecular flexibility index (Phi) is 6.07. The fraction of sp³-hybridized carbons (Fsp3) is 0.870. The van der Waals surface area contributed by atoms with Gasteiger partial charge in [-0.1, -0.05) is 26.2 Å². The van der Waals surface area contributed by atoms with Crippen LogP contribution in [0.2, 0.25) is 0 Å². The number of nitrogens with one attached hydrogen (secondary N) is 1. The van der Waals surface area contributed by atoms with E-state index in [0.717, 1.165) is 25.7 Å². The van der Waals surface area contributed by atoms with Gasteiger partial charge in [0.15, 0.2) is 0 Å². The fourth-order valence-corrected chi connectivity index (χ4v) is 6.59. The molecule has 2 unspecified atom stereocenters. The van der Waals surface area contributed by atoms with E-state index < -0.39 is 41.1 Å². The number of rotatable bonds is 7. The number of esters is 1. The van der Waals surface area contributed by atoms with Crippen molar-refractivity contribution in [3.05, 3.63) is 0 Å². The van der Waals surface area contributed by atoms with Crippen LogP contribution in [-0.2, 0) is 23.9 Å². The van der Waals surface area contributed by atoms with Crippen LogP contribution in [0.1, 0.15) is 72.1 Å². The van der Waals surface area contributed by atoms with Gasteiger partial charge >= 0.3 is 5.97 Å². The zero-order chi connectivity index (χ0) is 22.4. The van der Waals surface area contributed by atoms with E-state index in [1.807, 2.05) is 13.8 Å². The molecule has 6 atom stereocenters. The smallest absolute Gasteiger partial charge is 0.312 e. The molecule has 1 aliphatic carbocycles. The van der Waals surface area contributed by atoms with Crippen LogP contribution >= 0.6 is 0 Å². The van der Waals surface area contributed by atoms with Gasteiger partial charge in [0, 0.05) is 6.04 Å². The highest BCUT2D eigenvalue weighted by Crippen LogP contribution is 2.63. The number of amides is 2. The van der Waals surface area contributed by atoms with E-state index in [0.29, 0.717) is 19.3 Å². The number of carbonyl (C=O) groups excluding carboxylic acids is 3. The van der Waals surface area contributed by atoms with Gasteiger partial charge in [-0.25, -0.2) is 0 Å². The van der Waals surface area contributed by atoms with E-state index in [1.165, 1.54) is 11.3 Å². The lowest BCUT2D eigenvalue weighted by molar-refractivity contribution is -0.160. The van der Waals surface area contributed by atoms with Gasteiger partial charge in [0.2, 0.25) is 11.8 Å². The Bertz CT molecular complexity index is 734. The Hall–Kier alpha value is -1.67. The number of nitrogens with zero attached hydrogens (tertiary/aromatic N) is 1. The number of hydrogen-bond acceptors (Lipinski definition) is 6. The molecule has 2 bridgehead atoms. The highest BCUT2D eigenvalue weighted by molar-refractivity contribution is 5.98. The van der Waals surface area contributed by atoms with Crippen molar-refractivity contribution in [2.75, 3.05) is 13.2 Å². The summed E-state index contributed by atoms with van der Waals surface area (Å²) in [7, 11) is 0. The number of aliphatic hydroxyl groups excluding tert-OH is 1. The van der Waals surface area contributed by atoms with Crippen molar-refractivity contribution in [2.45, 2.75) is 101 Å². The maximum Gasteiger partial charge on any atom is 0.312 e. The Balaban J connectivity index is 1.71. The summed E-state index contributed by atoms with van der Waals surface area (Å²) >= 11 is 0. The van der Waals surface area contributed by atoms with Crippen LogP contribution in [-0.4, -0.2) is 70.3 Å². The molecule has 0 aromatic rings. The van der Waals surface area contributed by atoms with Crippen LogP contribution in [0.5, 0.6) is 0 Å². The standard InChI is InChI=1S/C23H36N2O6/c1-4-15(13-26)25-18(19(27)24-14-9-7-6-8-10-14)23-12-11-22(3,31-23)17(16(23)20(25)28)21(29)30-5-2/h14-18,26H,4-13H2,1-3H3,(H,24,27)/t15-,16-,17+,18?,22-,23?/m0/s1. The van der Waals surface area contributed by atoms with Crippen molar-refractivity contribution in [1.29, 1.82) is 0 Å². The predicted molar refractivity (Wildman–Crippen MR) is 112 cm³/mol. The molecular formula is C23H36N2O6. The second-order valence-corrected chi connectivity index (χ2v) is 9.81. The zero-order valence-corrected chi connectivity index (χ0v) is 18.9. The van der Waals surface area contributed by atoms with Gasteiger partial charge in [0.05, 0.1) is 30.8 Å². The molecule has 3 heterocycles. The van der Waals surface area contributed by atoms with E-state index in [1.54, 1.807) is 6.92 Å². The van der Waals surface area contributed by atoms with E-state index in [4.69, 9.17) is 9.47 Å². The third kappa shape index (κ3) is 3.37. The summed E-state index contributed by atoms with van der Waals surface area (Å²) in [4.78, 5) is 41.8. The largest absolute Gasteiger partial charge is 0.466 e. The van der Waals surface area contributed by atoms with Crippen molar-refractivity contribution in [3.8, 4) is 0 Å². The number of carbonyl (C=O) groups is 3. The summed E-state index contributed by atoms with van der Waals surface area (Å²) in [6.07, 6.45) is 6.86. The van der Waals surface area contributed by atoms with Gasteiger partial charge in [-0.2, -0.15) is 0 Å². The van der Waals surface area contributed by atoms with Gasteiger partial charge < -0.3 is 24.8 Å². The van der Waals surface area contributed by atoms with E-state index in [2.05, 4.69) is 5.32 Å². The lowest BCUT2D eigenvalue weighted by Crippen LogP contribution is -2.59. The Morgan fingerprint density at radius 2 is 1.97 bits per heavy atom. The minimum atomic E-state index is -1.05. The molecule has 0 aromatic carbocycles. The van der Waals surface area contributed by atoms with Crippen molar-refractivity contribution in [1.82, 2.24) is 10.2 Å². The summed E-state index contributed by atoms with van der Waals surface area (Å²) in [5.74, 6) is -2.42. The summed E-state index contributed by atoms with van der Waals surface area (Å²) in [5.41, 5.74) is -1.87. The van der Waals surface area contributed by atoms with Crippen LogP contribution in [0.4, 0.5) is 0 Å². The molecule has 4 rings (SSSR count). The molecule has 8 nitrogen and oxygen atoms in total. The maximum atomic E-state index is 13.7. The third-order valence-corrected chi connectivity index (χ3v) is 8.03. The number of ether oxygens (including phenoxy) is 2. The highest BCUT2D eigenvalue weighted by atomic mass is 16.6. The van der Waals surface area contributed by atoms with E-state index in [9.17, 15) is 19.5 Å². The number of likely N-dealkylation sites (tertiary alicyclic amines) is 1. The Morgan fingerprint density at radius 1 is 1.26 bits per heavy atom. The molecule has 0 aromatic heterocycles. The minimum absolute atomic E-state index is 0.0953. The molecule has 2 amide bonds. The van der Waals surface area contributed by atoms with Crippen molar-refractivity contribution >= 4 is 17.8 Å². The first-order valence-electron chi connectivity index (χ1n) is 11.9. The first-order valence-corrected chi connectivity index (χ1v) is 11.9. The maximum absolute atomic E-state index is 13.7. The molecule has 4 aliphatic rings. The van der Waals surface area contributed by atoms with Gasteiger partial charge in [0.25, 0.3) is 0 Å². The topological polar surface area (TPSA) is 105 Å². The molecule has 3 aliphatic heterocycles. The monoisotopic (exact) mass is 436 g/mol. The average molecular weight is 437 g/mol. The van der Waals surface area contributed by atoms with Gasteiger partial charge in [-0.3, -0.25) is 14.4 Å². The number of hydrogen-bond donors (Lipinski definition) is 2. The first-order chi connectivity index (χ1) is 14.8. The summed E-state index contributed by atoms with van der Waals surface area (Å²) in [6, 6.07) is -1.24. The Labute approximate surface area is 184 Å². The predicted octanol–water partition coefficient (Wildman–Crippen LogP) is 1.53. The van der Waals surface area contributed by atoms with Gasteiger partial charge in [-0.05, 0) is 46.0 Å². The molecule has 2 N–H and O–H groups in total. The zero-order valence-electron chi connectivity index (χ0n) is 18.9. The lowest BCUT2D eigenvalue weighted by Gasteiger charge is -2.37. The summed E-state index contributed by atoms with van der Waals surface area (Å²) in [5, 5.41) is 13.2. The second kappa shape index (κ2) is 8.35. The number of fused-ring (bicyclic) bond motifs is 1. The fourth-order valence-electron chi connectivity index (χ4n) is 6.59. The van der Waals surface area contributed by atoms with Crippen LogP contribution < -0.4 is 5.32 Å². The minimum Gasteiger partial charge on any atom is -0.466 e. The van der Waals surface area contributed by atoms with Crippen molar-refractivity contribution in [2.24, 2.45) is 11.8 Å². The molecule has 0 radical (unpaired) electrons. The molecule has 3 saturated heterocycles. The van der Waals surface area contributed by atoms with Crippen molar-refractivity contribution in [3.63, 3.8) is 0 Å². The van der Waals surface area contributed by atoms with Gasteiger partial charge in [-0.15, -0.1) is 0 Å². The van der Waals surface area contributed by atoms with Crippen LogP contribution in [0.3, 0.4) is 0 Å². The van der Waals surface area contributed by atoms with Crippen LogP contribution in [0.15, 0.2) is 0 Å². The van der Waals surface area contributed by atoms with E-state index >= 15 is 0 Å². The molecule has 174 valence electrons. The quantitative estimate of drug-likeness (QED) is 0.587. The normalized spacial score (nSPS) is 38.3. The molecule has 31 heavy (non-hydrogen) atoms. The molecule has 1 saturated carbocycles. The van der Waals surface area contributed by atoms with Gasteiger partial charge in [0.1, 0.15) is 17.6 Å². The number of aliphatic hydroxyl groups is 1.